The first kappa shape index (κ1) is 26.8. The Morgan fingerprint density at radius 1 is 1.14 bits per heavy atom. The lowest BCUT2D eigenvalue weighted by molar-refractivity contribution is -0.139. The fourth-order valence-corrected chi connectivity index (χ4v) is 4.47. The maximum atomic E-state index is 12.6. The highest BCUT2D eigenvalue weighted by molar-refractivity contribution is 6.34. The predicted octanol–water partition coefficient (Wildman–Crippen LogP) is 5.65. The van der Waals surface area contributed by atoms with Gasteiger partial charge in [-0.25, -0.2) is 9.78 Å². The van der Waals surface area contributed by atoms with Crippen LogP contribution in [0.1, 0.15) is 80.4 Å². The van der Waals surface area contributed by atoms with E-state index in [0.717, 1.165) is 69.4 Å². The molecule has 3 N–H and O–H groups in total. The van der Waals surface area contributed by atoms with Gasteiger partial charge in [-0.15, -0.1) is 0 Å². The van der Waals surface area contributed by atoms with Crippen LogP contribution in [0.25, 0.3) is 0 Å². The van der Waals surface area contributed by atoms with E-state index in [2.05, 4.69) is 22.8 Å². The standard InChI is InChI=1S/C27H36ClN3O4/c1-18(2)35-21-14-15-22(23(28)17-21)26(32)31-24(27(33)34)11-7-5-3-4-6-10-20-13-12-19-9-8-16-29-25(19)30-20/h12-15,17-18,24H,3-11,16H2,1-2H3,(H,29,30)(H,31,32)(H,33,34). The first-order valence-electron chi connectivity index (χ1n) is 12.6. The molecule has 1 aliphatic heterocycles. The van der Waals surface area contributed by atoms with E-state index in [4.69, 9.17) is 21.3 Å². The summed E-state index contributed by atoms with van der Waals surface area (Å²) in [5, 5.41) is 15.8. The lowest BCUT2D eigenvalue weighted by atomic mass is 10.0. The number of aryl methyl sites for hydroxylation is 2. The second-order valence-electron chi connectivity index (χ2n) is 9.32. The Kier molecular flexibility index (Phi) is 10.2. The Hall–Kier alpha value is -2.80. The van der Waals surface area contributed by atoms with Crippen LogP contribution in [-0.4, -0.2) is 40.7 Å². The molecule has 0 fully saturated rings. The monoisotopic (exact) mass is 501 g/mol. The summed E-state index contributed by atoms with van der Waals surface area (Å²) in [6.45, 7) is 4.79. The van der Waals surface area contributed by atoms with E-state index >= 15 is 0 Å². The highest BCUT2D eigenvalue weighted by Gasteiger charge is 2.22. The number of carboxylic acid groups (broad SMARTS) is 1. The van der Waals surface area contributed by atoms with Gasteiger partial charge in [0.1, 0.15) is 17.6 Å². The van der Waals surface area contributed by atoms with Gasteiger partial charge in [0.05, 0.1) is 16.7 Å². The minimum absolute atomic E-state index is 0.0142. The van der Waals surface area contributed by atoms with Gasteiger partial charge in [-0.1, -0.05) is 43.4 Å². The molecule has 35 heavy (non-hydrogen) atoms. The predicted molar refractivity (Wildman–Crippen MR) is 139 cm³/mol. The highest BCUT2D eigenvalue weighted by Crippen LogP contribution is 2.24. The van der Waals surface area contributed by atoms with Gasteiger partial charge < -0.3 is 20.5 Å². The summed E-state index contributed by atoms with van der Waals surface area (Å²) in [4.78, 5) is 29.0. The molecule has 0 radical (unpaired) electrons. The molecule has 3 rings (SSSR count). The molecule has 1 unspecified atom stereocenters. The molecule has 190 valence electrons. The van der Waals surface area contributed by atoms with E-state index in [-0.39, 0.29) is 16.7 Å². The van der Waals surface area contributed by atoms with Gasteiger partial charge in [-0.05, 0) is 75.8 Å². The molecule has 0 aliphatic carbocycles. The summed E-state index contributed by atoms with van der Waals surface area (Å²) in [7, 11) is 0. The molecule has 1 atom stereocenters. The molecule has 8 heteroatoms. The van der Waals surface area contributed by atoms with Crippen LogP contribution in [0.4, 0.5) is 5.82 Å². The zero-order chi connectivity index (χ0) is 25.2. The number of nitrogens with zero attached hydrogens (tertiary/aromatic N) is 1. The maximum Gasteiger partial charge on any atom is 0.326 e. The van der Waals surface area contributed by atoms with E-state index in [0.29, 0.717) is 12.2 Å². The minimum Gasteiger partial charge on any atom is -0.491 e. The van der Waals surface area contributed by atoms with Crippen LogP contribution in [0.15, 0.2) is 30.3 Å². The topological polar surface area (TPSA) is 101 Å². The number of fused-ring (bicyclic) bond motifs is 1. The van der Waals surface area contributed by atoms with Crippen LogP contribution in [0.3, 0.4) is 0 Å². The van der Waals surface area contributed by atoms with Crippen LogP contribution in [0.5, 0.6) is 5.75 Å². The van der Waals surface area contributed by atoms with Crippen LogP contribution in [-0.2, 0) is 17.6 Å². The first-order valence-corrected chi connectivity index (χ1v) is 12.9. The second-order valence-corrected chi connectivity index (χ2v) is 9.73. The summed E-state index contributed by atoms with van der Waals surface area (Å²) in [5.74, 6) is 0.0684. The van der Waals surface area contributed by atoms with E-state index in [1.54, 1.807) is 18.2 Å². The molecule has 1 amide bonds. The van der Waals surface area contributed by atoms with Gasteiger partial charge in [0.2, 0.25) is 0 Å². The van der Waals surface area contributed by atoms with Gasteiger partial charge >= 0.3 is 5.97 Å². The molecule has 0 bridgehead atoms. The summed E-state index contributed by atoms with van der Waals surface area (Å²) in [6.07, 6.45) is 8.36. The number of aliphatic carboxylic acids is 1. The number of hydrogen-bond acceptors (Lipinski definition) is 5. The van der Waals surface area contributed by atoms with Crippen LogP contribution >= 0.6 is 11.6 Å². The van der Waals surface area contributed by atoms with Crippen molar-refractivity contribution in [3.05, 3.63) is 52.2 Å². The molecular weight excluding hydrogens is 466 g/mol. The molecule has 2 aromatic rings. The van der Waals surface area contributed by atoms with Crippen molar-refractivity contribution >= 4 is 29.3 Å². The third kappa shape index (κ3) is 8.42. The molecular formula is C27H36ClN3O4. The Morgan fingerprint density at radius 3 is 2.66 bits per heavy atom. The molecule has 1 aliphatic rings. The number of carbonyl (C=O) groups excluding carboxylic acids is 1. The number of amides is 1. The van der Waals surface area contributed by atoms with E-state index in [1.165, 1.54) is 5.56 Å². The number of unbranched alkanes of at least 4 members (excludes halogenated alkanes) is 4. The van der Waals surface area contributed by atoms with Crippen molar-refractivity contribution in [1.82, 2.24) is 10.3 Å². The van der Waals surface area contributed by atoms with E-state index in [9.17, 15) is 14.7 Å². The van der Waals surface area contributed by atoms with E-state index < -0.39 is 17.9 Å². The molecule has 1 aromatic heterocycles. The zero-order valence-corrected chi connectivity index (χ0v) is 21.4. The lowest BCUT2D eigenvalue weighted by Crippen LogP contribution is -2.40. The van der Waals surface area contributed by atoms with E-state index in [1.807, 2.05) is 13.8 Å². The smallest absolute Gasteiger partial charge is 0.326 e. The van der Waals surface area contributed by atoms with Crippen molar-refractivity contribution < 1.29 is 19.4 Å². The first-order chi connectivity index (χ1) is 16.8. The number of ether oxygens (including phenoxy) is 1. The number of carboxylic acids is 1. The fourth-order valence-electron chi connectivity index (χ4n) is 4.21. The number of rotatable bonds is 13. The Balaban J connectivity index is 1.37. The number of anilines is 1. The van der Waals surface area contributed by atoms with Crippen LogP contribution in [0, 0.1) is 0 Å². The third-order valence-corrected chi connectivity index (χ3v) is 6.35. The van der Waals surface area contributed by atoms with Gasteiger partial charge in [0.15, 0.2) is 0 Å². The van der Waals surface area contributed by atoms with Crippen molar-refractivity contribution in [1.29, 1.82) is 0 Å². The highest BCUT2D eigenvalue weighted by atomic mass is 35.5. The molecule has 0 saturated heterocycles. The molecule has 0 spiro atoms. The number of aromatic nitrogens is 1. The van der Waals surface area contributed by atoms with Gasteiger partial charge in [-0.3, -0.25) is 4.79 Å². The Bertz CT molecular complexity index is 1010. The number of pyridine rings is 1. The van der Waals surface area contributed by atoms with Crippen molar-refractivity contribution in [3.63, 3.8) is 0 Å². The Labute approximate surface area is 212 Å². The molecule has 7 nitrogen and oxygen atoms in total. The summed E-state index contributed by atoms with van der Waals surface area (Å²) >= 11 is 6.23. The van der Waals surface area contributed by atoms with Crippen molar-refractivity contribution in [2.24, 2.45) is 0 Å². The maximum absolute atomic E-state index is 12.6. The lowest BCUT2D eigenvalue weighted by Gasteiger charge is -2.17. The largest absolute Gasteiger partial charge is 0.491 e. The molecule has 2 heterocycles. The normalized spacial score (nSPS) is 13.6. The fraction of sp³-hybridized carbons (Fsp3) is 0.519. The minimum atomic E-state index is -1.04. The van der Waals surface area contributed by atoms with Crippen LogP contribution in [0.2, 0.25) is 5.02 Å². The average Bonchev–Trinajstić information content (AvgIpc) is 2.82. The number of benzene rings is 1. The van der Waals surface area contributed by atoms with Gasteiger partial charge in [-0.2, -0.15) is 0 Å². The third-order valence-electron chi connectivity index (χ3n) is 6.04. The summed E-state index contributed by atoms with van der Waals surface area (Å²) in [6, 6.07) is 8.16. The zero-order valence-electron chi connectivity index (χ0n) is 20.6. The quantitative estimate of drug-likeness (QED) is 0.307. The van der Waals surface area contributed by atoms with Crippen LogP contribution < -0.4 is 15.4 Å². The van der Waals surface area contributed by atoms with Crippen molar-refractivity contribution in [2.45, 2.75) is 83.8 Å². The summed E-state index contributed by atoms with van der Waals surface area (Å²) < 4.78 is 5.57. The van der Waals surface area contributed by atoms with Gasteiger partial charge in [0.25, 0.3) is 5.91 Å². The SMILES string of the molecule is CC(C)Oc1ccc(C(=O)NC(CCCCCCCc2ccc3c(n2)NCCC3)C(=O)O)c(Cl)c1. The summed E-state index contributed by atoms with van der Waals surface area (Å²) in [5.41, 5.74) is 2.66. The van der Waals surface area contributed by atoms with Crippen molar-refractivity contribution in [2.75, 3.05) is 11.9 Å². The second kappa shape index (κ2) is 13.3. The number of hydrogen-bond donors (Lipinski definition) is 3. The Morgan fingerprint density at radius 2 is 1.91 bits per heavy atom. The van der Waals surface area contributed by atoms with Crippen molar-refractivity contribution in [3.8, 4) is 5.75 Å². The average molecular weight is 502 g/mol. The molecule has 0 saturated carbocycles. The number of halogens is 1. The molecule has 1 aromatic carbocycles. The van der Waals surface area contributed by atoms with Gasteiger partial charge in [0, 0.05) is 12.2 Å². The number of carbonyl (C=O) groups is 2. The number of nitrogens with one attached hydrogen (secondary N) is 2.